The molecule has 2 atom stereocenters. The zero-order valence-corrected chi connectivity index (χ0v) is 11.9. The molecule has 1 aromatic rings. The summed E-state index contributed by atoms with van der Waals surface area (Å²) >= 11 is 0. The van der Waals surface area contributed by atoms with Gasteiger partial charge in [-0.3, -0.25) is 4.79 Å². The lowest BCUT2D eigenvalue weighted by Crippen LogP contribution is -2.47. The Morgan fingerprint density at radius 1 is 1.37 bits per heavy atom. The van der Waals surface area contributed by atoms with E-state index in [1.807, 2.05) is 18.2 Å². The molecule has 0 bridgehead atoms. The Hall–Kier alpha value is -1.35. The third-order valence-electron chi connectivity index (χ3n) is 3.73. The molecule has 1 aromatic carbocycles. The van der Waals surface area contributed by atoms with Crippen LogP contribution in [-0.4, -0.2) is 18.0 Å². The largest absolute Gasteiger partial charge is 0.324 e. The van der Waals surface area contributed by atoms with Crippen LogP contribution in [-0.2, 0) is 11.2 Å². The molecule has 1 aliphatic heterocycles. The molecule has 0 spiro atoms. The first-order valence-electron chi connectivity index (χ1n) is 7.35. The molecule has 2 unspecified atom stereocenters. The predicted molar refractivity (Wildman–Crippen MR) is 79.3 cm³/mol. The number of amides is 1. The zero-order valence-electron chi connectivity index (χ0n) is 11.9. The van der Waals surface area contributed by atoms with Crippen LogP contribution in [0.3, 0.4) is 0 Å². The van der Waals surface area contributed by atoms with E-state index in [0.717, 1.165) is 37.8 Å². The average Bonchev–Trinajstić information content (AvgIpc) is 2.41. The number of piperidine rings is 1. The molecule has 0 radical (unpaired) electrons. The second-order valence-corrected chi connectivity index (χ2v) is 5.45. The Bertz CT molecular complexity index is 431. The summed E-state index contributed by atoms with van der Waals surface area (Å²) in [7, 11) is 0. The van der Waals surface area contributed by atoms with Gasteiger partial charge in [0.25, 0.3) is 0 Å². The number of benzene rings is 1. The van der Waals surface area contributed by atoms with Gasteiger partial charge < -0.3 is 10.6 Å². The Labute approximate surface area is 115 Å². The van der Waals surface area contributed by atoms with Gasteiger partial charge in [-0.2, -0.15) is 0 Å². The Morgan fingerprint density at radius 3 is 2.89 bits per heavy atom. The van der Waals surface area contributed by atoms with Crippen LogP contribution < -0.4 is 10.6 Å². The van der Waals surface area contributed by atoms with Crippen molar-refractivity contribution >= 4 is 11.6 Å². The normalized spacial score (nSPS) is 23.1. The second kappa shape index (κ2) is 6.71. The van der Waals surface area contributed by atoms with Crippen molar-refractivity contribution in [3.05, 3.63) is 29.8 Å². The zero-order chi connectivity index (χ0) is 13.7. The minimum atomic E-state index is -0.0431. The van der Waals surface area contributed by atoms with Crippen molar-refractivity contribution in [1.29, 1.82) is 0 Å². The molecular weight excluding hydrogens is 236 g/mol. The van der Waals surface area contributed by atoms with Crippen LogP contribution in [0, 0.1) is 0 Å². The maximum absolute atomic E-state index is 12.3. The highest BCUT2D eigenvalue weighted by atomic mass is 16.2. The van der Waals surface area contributed by atoms with Gasteiger partial charge in [-0.05, 0) is 44.2 Å². The number of nitrogens with one attached hydrogen (secondary N) is 2. The topological polar surface area (TPSA) is 41.1 Å². The molecule has 3 heteroatoms. The van der Waals surface area contributed by atoms with E-state index in [-0.39, 0.29) is 11.9 Å². The summed E-state index contributed by atoms with van der Waals surface area (Å²) < 4.78 is 0. The molecule has 0 saturated carbocycles. The summed E-state index contributed by atoms with van der Waals surface area (Å²) in [6.45, 7) is 4.30. The number of aryl methyl sites for hydroxylation is 1. The molecule has 1 saturated heterocycles. The van der Waals surface area contributed by atoms with Crippen molar-refractivity contribution < 1.29 is 4.79 Å². The van der Waals surface area contributed by atoms with Crippen LogP contribution in [0.2, 0.25) is 0 Å². The van der Waals surface area contributed by atoms with E-state index >= 15 is 0 Å². The molecule has 0 aromatic heterocycles. The van der Waals surface area contributed by atoms with E-state index in [9.17, 15) is 4.79 Å². The van der Waals surface area contributed by atoms with Crippen molar-refractivity contribution in [2.75, 3.05) is 5.32 Å². The fraction of sp³-hybridized carbons (Fsp3) is 0.562. The summed E-state index contributed by atoms with van der Waals surface area (Å²) in [6, 6.07) is 8.49. The fourth-order valence-electron chi connectivity index (χ4n) is 2.69. The van der Waals surface area contributed by atoms with Gasteiger partial charge in [0.05, 0.1) is 6.04 Å². The molecule has 2 N–H and O–H groups in total. The van der Waals surface area contributed by atoms with E-state index in [2.05, 4.69) is 30.5 Å². The highest BCUT2D eigenvalue weighted by Crippen LogP contribution is 2.19. The van der Waals surface area contributed by atoms with E-state index in [1.54, 1.807) is 0 Å². The van der Waals surface area contributed by atoms with Gasteiger partial charge in [-0.1, -0.05) is 31.5 Å². The summed E-state index contributed by atoms with van der Waals surface area (Å²) in [5.41, 5.74) is 2.19. The molecule has 104 valence electrons. The summed E-state index contributed by atoms with van der Waals surface area (Å²) in [5, 5.41) is 6.46. The van der Waals surface area contributed by atoms with Gasteiger partial charge in [0.1, 0.15) is 0 Å². The SMILES string of the molecule is CCCc1ccccc1NC(=O)C1CCCC(C)N1. The molecule has 1 fully saturated rings. The third kappa shape index (κ3) is 3.80. The number of hydrogen-bond donors (Lipinski definition) is 2. The monoisotopic (exact) mass is 260 g/mol. The quantitative estimate of drug-likeness (QED) is 0.873. The smallest absolute Gasteiger partial charge is 0.241 e. The molecule has 0 aliphatic carbocycles. The lowest BCUT2D eigenvalue weighted by molar-refractivity contribution is -0.118. The predicted octanol–water partition coefficient (Wildman–Crippen LogP) is 3.11. The van der Waals surface area contributed by atoms with Crippen molar-refractivity contribution in [2.24, 2.45) is 0 Å². The Balaban J connectivity index is 2.02. The lowest BCUT2D eigenvalue weighted by Gasteiger charge is -2.28. The standard InChI is InChI=1S/C16H24N2O/c1-3-7-13-9-4-5-10-14(13)18-16(19)15-11-6-8-12(2)17-15/h4-5,9-10,12,15,17H,3,6-8,11H2,1-2H3,(H,18,19). The minimum Gasteiger partial charge on any atom is -0.324 e. The van der Waals surface area contributed by atoms with Gasteiger partial charge in [0.2, 0.25) is 5.91 Å². The Kier molecular flexibility index (Phi) is 4.97. The number of anilines is 1. The van der Waals surface area contributed by atoms with Crippen LogP contribution >= 0.6 is 0 Å². The van der Waals surface area contributed by atoms with Gasteiger partial charge >= 0.3 is 0 Å². The Morgan fingerprint density at radius 2 is 2.16 bits per heavy atom. The molecule has 1 aliphatic rings. The average molecular weight is 260 g/mol. The highest BCUT2D eigenvalue weighted by molar-refractivity contribution is 5.95. The van der Waals surface area contributed by atoms with Gasteiger partial charge in [0.15, 0.2) is 0 Å². The molecule has 1 amide bonds. The number of carbonyl (C=O) groups is 1. The maximum atomic E-state index is 12.3. The summed E-state index contributed by atoms with van der Waals surface area (Å²) in [6.07, 6.45) is 5.32. The first kappa shape index (κ1) is 14.1. The lowest BCUT2D eigenvalue weighted by atomic mass is 9.99. The van der Waals surface area contributed by atoms with Gasteiger partial charge in [-0.15, -0.1) is 0 Å². The van der Waals surface area contributed by atoms with Crippen molar-refractivity contribution in [3.63, 3.8) is 0 Å². The fourth-order valence-corrected chi connectivity index (χ4v) is 2.69. The van der Waals surface area contributed by atoms with Crippen LogP contribution in [0.25, 0.3) is 0 Å². The van der Waals surface area contributed by atoms with Crippen molar-refractivity contribution in [1.82, 2.24) is 5.32 Å². The van der Waals surface area contributed by atoms with Crippen LogP contribution in [0.15, 0.2) is 24.3 Å². The first-order chi connectivity index (χ1) is 9.20. The van der Waals surface area contributed by atoms with E-state index in [0.29, 0.717) is 6.04 Å². The van der Waals surface area contributed by atoms with Crippen LogP contribution in [0.5, 0.6) is 0 Å². The van der Waals surface area contributed by atoms with Gasteiger partial charge in [0, 0.05) is 11.7 Å². The molecular formula is C16H24N2O. The molecule has 2 rings (SSSR count). The second-order valence-electron chi connectivity index (χ2n) is 5.45. The van der Waals surface area contributed by atoms with E-state index in [4.69, 9.17) is 0 Å². The van der Waals surface area contributed by atoms with Crippen LogP contribution in [0.1, 0.15) is 45.1 Å². The minimum absolute atomic E-state index is 0.0431. The summed E-state index contributed by atoms with van der Waals surface area (Å²) in [4.78, 5) is 12.3. The number of para-hydroxylation sites is 1. The highest BCUT2D eigenvalue weighted by Gasteiger charge is 2.24. The number of carbonyl (C=O) groups excluding carboxylic acids is 1. The van der Waals surface area contributed by atoms with Crippen molar-refractivity contribution in [3.8, 4) is 0 Å². The number of hydrogen-bond acceptors (Lipinski definition) is 2. The number of rotatable bonds is 4. The third-order valence-corrected chi connectivity index (χ3v) is 3.73. The van der Waals surface area contributed by atoms with Gasteiger partial charge in [-0.25, -0.2) is 0 Å². The van der Waals surface area contributed by atoms with Crippen LogP contribution in [0.4, 0.5) is 5.69 Å². The summed E-state index contributed by atoms with van der Waals surface area (Å²) in [5.74, 6) is 0.107. The maximum Gasteiger partial charge on any atom is 0.241 e. The van der Waals surface area contributed by atoms with Crippen molar-refractivity contribution in [2.45, 2.75) is 58.0 Å². The first-order valence-corrected chi connectivity index (χ1v) is 7.35. The molecule has 3 nitrogen and oxygen atoms in total. The van der Waals surface area contributed by atoms with E-state index in [1.165, 1.54) is 5.56 Å². The molecule has 19 heavy (non-hydrogen) atoms. The molecule has 1 heterocycles. The van der Waals surface area contributed by atoms with E-state index < -0.39 is 0 Å².